The highest BCUT2D eigenvalue weighted by Gasteiger charge is 2.20. The second-order valence-electron chi connectivity index (χ2n) is 3.31. The van der Waals surface area contributed by atoms with Gasteiger partial charge in [-0.1, -0.05) is 11.8 Å². The van der Waals surface area contributed by atoms with E-state index in [0.717, 1.165) is 11.8 Å². The van der Waals surface area contributed by atoms with E-state index in [4.69, 9.17) is 5.73 Å². The summed E-state index contributed by atoms with van der Waals surface area (Å²) >= 11 is 0.979. The SMILES string of the molecule is COC(=O)Cn1nnnc1SC(C)C(=O)NC(N)=O. The van der Waals surface area contributed by atoms with Crippen molar-refractivity contribution in [3.05, 3.63) is 0 Å². The van der Waals surface area contributed by atoms with E-state index >= 15 is 0 Å². The van der Waals surface area contributed by atoms with Crippen LogP contribution in [0, 0.1) is 0 Å². The Morgan fingerprint density at radius 3 is 2.79 bits per heavy atom. The molecule has 11 heteroatoms. The number of aromatic nitrogens is 4. The minimum Gasteiger partial charge on any atom is -0.468 e. The van der Waals surface area contributed by atoms with Gasteiger partial charge in [0.05, 0.1) is 12.4 Å². The van der Waals surface area contributed by atoms with Crippen molar-refractivity contribution >= 4 is 29.7 Å². The fraction of sp³-hybridized carbons (Fsp3) is 0.500. The number of hydrogen-bond donors (Lipinski definition) is 2. The third kappa shape index (κ3) is 4.54. The molecule has 0 fully saturated rings. The molecule has 0 aliphatic rings. The maximum Gasteiger partial charge on any atom is 0.327 e. The molecule has 0 saturated heterocycles. The maximum absolute atomic E-state index is 11.5. The predicted octanol–water partition coefficient (Wildman–Crippen LogP) is -1.48. The number of nitrogens with zero attached hydrogens (tertiary/aromatic N) is 4. The summed E-state index contributed by atoms with van der Waals surface area (Å²) in [7, 11) is 1.24. The Bertz CT molecular complexity index is 489. The van der Waals surface area contributed by atoms with Crippen LogP contribution in [0.25, 0.3) is 0 Å². The van der Waals surface area contributed by atoms with Gasteiger partial charge in [0, 0.05) is 0 Å². The van der Waals surface area contributed by atoms with Crippen LogP contribution in [-0.2, 0) is 20.9 Å². The molecule has 3 amide bonds. The number of primary amides is 1. The van der Waals surface area contributed by atoms with Crippen molar-refractivity contribution in [2.45, 2.75) is 23.9 Å². The summed E-state index contributed by atoms with van der Waals surface area (Å²) in [5.74, 6) is -1.10. The number of tetrazole rings is 1. The van der Waals surface area contributed by atoms with Crippen LogP contribution < -0.4 is 11.1 Å². The molecule has 0 aromatic carbocycles. The number of carbonyl (C=O) groups excluding carboxylic acids is 3. The third-order valence-electron chi connectivity index (χ3n) is 1.90. The molecular weight excluding hydrogens is 276 g/mol. The molecule has 104 valence electrons. The summed E-state index contributed by atoms with van der Waals surface area (Å²) in [6.45, 7) is 1.37. The number of nitrogens with one attached hydrogen (secondary N) is 1. The largest absolute Gasteiger partial charge is 0.468 e. The maximum atomic E-state index is 11.5. The Hall–Kier alpha value is -2.17. The van der Waals surface area contributed by atoms with Crippen LogP contribution in [0.3, 0.4) is 0 Å². The summed E-state index contributed by atoms with van der Waals surface area (Å²) in [5.41, 5.74) is 4.83. The van der Waals surface area contributed by atoms with Crippen molar-refractivity contribution in [1.29, 1.82) is 0 Å². The molecule has 1 rings (SSSR count). The van der Waals surface area contributed by atoms with Gasteiger partial charge >= 0.3 is 12.0 Å². The zero-order valence-electron chi connectivity index (χ0n) is 10.2. The van der Waals surface area contributed by atoms with Gasteiger partial charge < -0.3 is 10.5 Å². The standard InChI is InChI=1S/C8H12N6O4S/c1-4(6(16)10-7(9)17)19-8-11-12-13-14(8)3-5(15)18-2/h4H,3H2,1-2H3,(H3,9,10,16,17). The molecule has 0 bridgehead atoms. The highest BCUT2D eigenvalue weighted by Crippen LogP contribution is 2.19. The lowest BCUT2D eigenvalue weighted by atomic mass is 10.4. The highest BCUT2D eigenvalue weighted by molar-refractivity contribution is 8.00. The van der Waals surface area contributed by atoms with E-state index in [-0.39, 0.29) is 11.7 Å². The first-order valence-electron chi connectivity index (χ1n) is 5.04. The Morgan fingerprint density at radius 1 is 1.53 bits per heavy atom. The van der Waals surface area contributed by atoms with Crippen LogP contribution in [0.5, 0.6) is 0 Å². The van der Waals surface area contributed by atoms with Crippen molar-refractivity contribution in [3.8, 4) is 0 Å². The number of carbonyl (C=O) groups is 3. The number of methoxy groups -OCH3 is 1. The normalized spacial score (nSPS) is 11.7. The van der Waals surface area contributed by atoms with E-state index in [1.165, 1.54) is 11.8 Å². The number of amides is 3. The van der Waals surface area contributed by atoms with Crippen molar-refractivity contribution in [2.24, 2.45) is 5.73 Å². The van der Waals surface area contributed by atoms with E-state index in [9.17, 15) is 14.4 Å². The molecular formula is C8H12N6O4S. The number of rotatable bonds is 5. The van der Waals surface area contributed by atoms with E-state index in [0.29, 0.717) is 0 Å². The molecule has 0 saturated carbocycles. The molecule has 19 heavy (non-hydrogen) atoms. The van der Waals surface area contributed by atoms with Gasteiger partial charge in [0.1, 0.15) is 6.54 Å². The number of nitrogens with two attached hydrogens (primary N) is 1. The van der Waals surface area contributed by atoms with Crippen LogP contribution >= 0.6 is 11.8 Å². The molecule has 3 N–H and O–H groups in total. The first kappa shape index (κ1) is 14.9. The van der Waals surface area contributed by atoms with Crippen LogP contribution in [0.4, 0.5) is 4.79 Å². The summed E-state index contributed by atoms with van der Waals surface area (Å²) in [6.07, 6.45) is 0. The number of ether oxygens (including phenoxy) is 1. The lowest BCUT2D eigenvalue weighted by molar-refractivity contribution is -0.141. The number of hydrogen-bond acceptors (Lipinski definition) is 8. The highest BCUT2D eigenvalue weighted by atomic mass is 32.2. The zero-order chi connectivity index (χ0) is 14.4. The van der Waals surface area contributed by atoms with E-state index in [2.05, 4.69) is 20.3 Å². The van der Waals surface area contributed by atoms with Crippen molar-refractivity contribution in [3.63, 3.8) is 0 Å². The Kier molecular flexibility index (Phi) is 5.23. The van der Waals surface area contributed by atoms with Gasteiger partial charge in [-0.2, -0.15) is 0 Å². The van der Waals surface area contributed by atoms with Crippen molar-refractivity contribution < 1.29 is 19.1 Å². The lowest BCUT2D eigenvalue weighted by Gasteiger charge is -2.09. The second kappa shape index (κ2) is 6.68. The van der Waals surface area contributed by atoms with E-state index in [1.807, 2.05) is 5.32 Å². The number of thioether (sulfide) groups is 1. The van der Waals surface area contributed by atoms with Gasteiger partial charge in [-0.15, -0.1) is 5.10 Å². The fourth-order valence-corrected chi connectivity index (χ4v) is 1.79. The molecule has 1 aromatic heterocycles. The van der Waals surface area contributed by atoms with Gasteiger partial charge in [0.2, 0.25) is 11.1 Å². The summed E-state index contributed by atoms with van der Waals surface area (Å²) in [5, 5.41) is 12.2. The predicted molar refractivity (Wildman–Crippen MR) is 62.9 cm³/mol. The summed E-state index contributed by atoms with van der Waals surface area (Å²) in [4.78, 5) is 33.1. The second-order valence-corrected chi connectivity index (χ2v) is 4.62. The monoisotopic (exact) mass is 288 g/mol. The zero-order valence-corrected chi connectivity index (χ0v) is 11.0. The number of urea groups is 1. The van der Waals surface area contributed by atoms with Crippen LogP contribution in [0.15, 0.2) is 5.16 Å². The van der Waals surface area contributed by atoms with Crippen LogP contribution in [0.1, 0.15) is 6.92 Å². The van der Waals surface area contributed by atoms with Crippen LogP contribution in [-0.4, -0.2) is 50.5 Å². The smallest absolute Gasteiger partial charge is 0.327 e. The van der Waals surface area contributed by atoms with Gasteiger partial charge in [0.25, 0.3) is 0 Å². The van der Waals surface area contributed by atoms with Gasteiger partial charge in [0.15, 0.2) is 0 Å². The van der Waals surface area contributed by atoms with Crippen LogP contribution in [0.2, 0.25) is 0 Å². The van der Waals surface area contributed by atoms with Gasteiger partial charge in [-0.25, -0.2) is 9.48 Å². The third-order valence-corrected chi connectivity index (χ3v) is 2.97. The molecule has 1 heterocycles. The first-order valence-corrected chi connectivity index (χ1v) is 5.92. The average molecular weight is 288 g/mol. The molecule has 1 unspecified atom stereocenters. The van der Waals surface area contributed by atoms with Gasteiger partial charge in [-0.05, 0) is 17.4 Å². The Labute approximate surface area is 112 Å². The molecule has 0 aliphatic carbocycles. The Morgan fingerprint density at radius 2 is 2.21 bits per heavy atom. The fourth-order valence-electron chi connectivity index (χ4n) is 1.00. The molecule has 1 atom stereocenters. The van der Waals surface area contributed by atoms with Crippen molar-refractivity contribution in [1.82, 2.24) is 25.5 Å². The van der Waals surface area contributed by atoms with Gasteiger partial charge in [-0.3, -0.25) is 14.9 Å². The topological polar surface area (TPSA) is 142 Å². The summed E-state index contributed by atoms with van der Waals surface area (Å²) in [6, 6.07) is -0.938. The minimum atomic E-state index is -0.938. The molecule has 10 nitrogen and oxygen atoms in total. The molecule has 0 aliphatic heterocycles. The number of esters is 1. The molecule has 1 aromatic rings. The molecule has 0 radical (unpaired) electrons. The molecule has 0 spiro atoms. The number of imide groups is 1. The van der Waals surface area contributed by atoms with E-state index in [1.54, 1.807) is 6.92 Å². The minimum absolute atomic E-state index is 0.171. The lowest BCUT2D eigenvalue weighted by Crippen LogP contribution is -2.39. The van der Waals surface area contributed by atoms with E-state index < -0.39 is 23.2 Å². The first-order chi connectivity index (χ1) is 8.93. The summed E-state index contributed by atoms with van der Waals surface area (Å²) < 4.78 is 5.66. The van der Waals surface area contributed by atoms with Crippen molar-refractivity contribution in [2.75, 3.05) is 7.11 Å². The average Bonchev–Trinajstić information content (AvgIpc) is 2.75. The Balaban J connectivity index is 2.66. The quantitative estimate of drug-likeness (QED) is 0.493.